The lowest BCUT2D eigenvalue weighted by molar-refractivity contribution is 0.174. The van der Waals surface area contributed by atoms with Gasteiger partial charge in [0.1, 0.15) is 23.8 Å². The van der Waals surface area contributed by atoms with Crippen molar-refractivity contribution >= 4 is 12.2 Å². The SMILES string of the molecule is C=C1N=C(C)N(C)N1C.C=C1N=CN(C)N1. The molecular weight excluding hydrogens is 204 g/mol. The number of hydrazine groups is 2. The summed E-state index contributed by atoms with van der Waals surface area (Å²) in [7, 11) is 5.75. The number of hydrogen-bond donors (Lipinski definition) is 1. The summed E-state index contributed by atoms with van der Waals surface area (Å²) in [6, 6.07) is 0. The van der Waals surface area contributed by atoms with Crippen LogP contribution in [0.1, 0.15) is 6.92 Å². The van der Waals surface area contributed by atoms with Gasteiger partial charge in [-0.15, -0.1) is 0 Å². The van der Waals surface area contributed by atoms with E-state index >= 15 is 0 Å². The first-order valence-corrected chi connectivity index (χ1v) is 4.86. The Morgan fingerprint density at radius 2 is 1.81 bits per heavy atom. The number of aliphatic imine (C=N–C) groups is 2. The molecule has 0 fully saturated rings. The van der Waals surface area contributed by atoms with Crippen LogP contribution >= 0.6 is 0 Å². The van der Waals surface area contributed by atoms with E-state index < -0.39 is 0 Å². The van der Waals surface area contributed by atoms with Gasteiger partial charge in [0, 0.05) is 21.1 Å². The maximum atomic E-state index is 4.12. The van der Waals surface area contributed by atoms with Crippen LogP contribution in [0.25, 0.3) is 0 Å². The minimum absolute atomic E-state index is 0.697. The van der Waals surface area contributed by atoms with Crippen LogP contribution < -0.4 is 5.43 Å². The van der Waals surface area contributed by atoms with E-state index in [-0.39, 0.29) is 0 Å². The third-order valence-corrected chi connectivity index (χ3v) is 2.27. The molecule has 16 heavy (non-hydrogen) atoms. The molecule has 0 saturated carbocycles. The summed E-state index contributed by atoms with van der Waals surface area (Å²) in [5, 5.41) is 5.58. The van der Waals surface area contributed by atoms with Crippen molar-refractivity contribution in [3.05, 3.63) is 24.8 Å². The van der Waals surface area contributed by atoms with Gasteiger partial charge in [0.15, 0.2) is 0 Å². The van der Waals surface area contributed by atoms with Crippen LogP contribution in [0.15, 0.2) is 34.8 Å². The Labute approximate surface area is 96.2 Å². The number of amidine groups is 1. The Balaban J connectivity index is 0.000000165. The van der Waals surface area contributed by atoms with Gasteiger partial charge in [-0.1, -0.05) is 13.2 Å². The largest absolute Gasteiger partial charge is 0.281 e. The molecule has 0 amide bonds. The zero-order valence-corrected chi connectivity index (χ0v) is 10.2. The van der Waals surface area contributed by atoms with E-state index in [1.807, 2.05) is 38.1 Å². The Kier molecular flexibility index (Phi) is 3.55. The normalized spacial score (nSPS) is 18.5. The molecule has 2 rings (SSSR count). The van der Waals surface area contributed by atoms with Crippen molar-refractivity contribution in [2.75, 3.05) is 21.1 Å². The molecule has 0 aromatic heterocycles. The molecule has 6 nitrogen and oxygen atoms in total. The standard InChI is InChI=1S/C6H11N3.C4H7N3/c1-5-7-6(2)9(4)8(5)3;1-4-5-3-7(2)6-4/h1H2,2-4H3;3,6H,1H2,2H3. The molecule has 2 heterocycles. The van der Waals surface area contributed by atoms with E-state index in [2.05, 4.69) is 28.6 Å². The average Bonchev–Trinajstić information content (AvgIpc) is 2.68. The molecule has 0 aromatic rings. The van der Waals surface area contributed by atoms with Gasteiger partial charge in [0.25, 0.3) is 0 Å². The average molecular weight is 222 g/mol. The molecule has 2 aliphatic rings. The van der Waals surface area contributed by atoms with Crippen molar-refractivity contribution < 1.29 is 0 Å². The van der Waals surface area contributed by atoms with Crippen LogP contribution in [0.3, 0.4) is 0 Å². The molecule has 0 spiro atoms. The summed E-state index contributed by atoms with van der Waals surface area (Å²) in [5.41, 5.74) is 2.83. The molecule has 0 saturated heterocycles. The predicted molar refractivity (Wildman–Crippen MR) is 66.3 cm³/mol. The van der Waals surface area contributed by atoms with Gasteiger partial charge in [-0.2, -0.15) is 0 Å². The predicted octanol–water partition coefficient (Wildman–Crippen LogP) is 0.604. The van der Waals surface area contributed by atoms with Crippen LogP contribution in [-0.2, 0) is 0 Å². The number of nitrogens with zero attached hydrogens (tertiary/aromatic N) is 5. The van der Waals surface area contributed by atoms with Gasteiger partial charge in [-0.05, 0) is 6.92 Å². The second-order valence-corrected chi connectivity index (χ2v) is 3.54. The molecule has 0 aliphatic carbocycles. The third kappa shape index (κ3) is 2.75. The van der Waals surface area contributed by atoms with Crippen LogP contribution in [0.4, 0.5) is 0 Å². The highest BCUT2D eigenvalue weighted by Gasteiger charge is 2.15. The molecule has 0 unspecified atom stereocenters. The van der Waals surface area contributed by atoms with Crippen LogP contribution in [0.2, 0.25) is 0 Å². The fourth-order valence-electron chi connectivity index (χ4n) is 1.14. The van der Waals surface area contributed by atoms with E-state index in [1.54, 1.807) is 11.3 Å². The van der Waals surface area contributed by atoms with Gasteiger partial charge in [0.2, 0.25) is 0 Å². The Bertz CT molecular complexity index is 356. The van der Waals surface area contributed by atoms with E-state index in [1.165, 1.54) is 0 Å². The Morgan fingerprint density at radius 3 is 1.94 bits per heavy atom. The first kappa shape index (κ1) is 12.1. The molecule has 0 aromatic carbocycles. The fraction of sp³-hybridized carbons (Fsp3) is 0.400. The second kappa shape index (κ2) is 4.69. The van der Waals surface area contributed by atoms with Gasteiger partial charge in [-0.3, -0.25) is 20.5 Å². The highest BCUT2D eigenvalue weighted by atomic mass is 15.7. The number of nitrogens with one attached hydrogen (secondary N) is 1. The Morgan fingerprint density at radius 1 is 1.19 bits per heavy atom. The van der Waals surface area contributed by atoms with Gasteiger partial charge < -0.3 is 0 Å². The molecule has 6 heteroatoms. The summed E-state index contributed by atoms with van der Waals surface area (Å²) >= 11 is 0. The van der Waals surface area contributed by atoms with E-state index in [9.17, 15) is 0 Å². The van der Waals surface area contributed by atoms with Crippen molar-refractivity contribution in [3.63, 3.8) is 0 Å². The van der Waals surface area contributed by atoms with Crippen LogP contribution in [0, 0.1) is 0 Å². The molecular formula is C10H18N6. The van der Waals surface area contributed by atoms with Gasteiger partial charge >= 0.3 is 0 Å². The highest BCUT2D eigenvalue weighted by Crippen LogP contribution is 2.12. The fourth-order valence-corrected chi connectivity index (χ4v) is 1.14. The summed E-state index contributed by atoms with van der Waals surface area (Å²) in [5.74, 6) is 2.49. The third-order valence-electron chi connectivity index (χ3n) is 2.27. The van der Waals surface area contributed by atoms with Crippen molar-refractivity contribution in [1.29, 1.82) is 0 Å². The van der Waals surface area contributed by atoms with Gasteiger partial charge in [0.05, 0.1) is 0 Å². The zero-order chi connectivity index (χ0) is 12.3. The first-order chi connectivity index (χ1) is 7.41. The molecule has 1 N–H and O–H groups in total. The minimum atomic E-state index is 0.697. The zero-order valence-electron chi connectivity index (χ0n) is 10.2. The van der Waals surface area contributed by atoms with Crippen molar-refractivity contribution in [1.82, 2.24) is 20.5 Å². The maximum Gasteiger partial charge on any atom is 0.141 e. The minimum Gasteiger partial charge on any atom is -0.281 e. The molecule has 0 bridgehead atoms. The molecule has 88 valence electrons. The van der Waals surface area contributed by atoms with Crippen molar-refractivity contribution in [2.45, 2.75) is 6.92 Å². The summed E-state index contributed by atoms with van der Waals surface area (Å²) in [4.78, 5) is 7.94. The molecule has 2 aliphatic heterocycles. The maximum absolute atomic E-state index is 4.12. The molecule has 0 atom stereocenters. The number of hydrogen-bond acceptors (Lipinski definition) is 6. The number of rotatable bonds is 0. The van der Waals surface area contributed by atoms with Crippen LogP contribution in [0.5, 0.6) is 0 Å². The van der Waals surface area contributed by atoms with Crippen LogP contribution in [-0.4, -0.2) is 48.3 Å². The monoisotopic (exact) mass is 222 g/mol. The van der Waals surface area contributed by atoms with E-state index in [4.69, 9.17) is 0 Å². The quantitative estimate of drug-likeness (QED) is 0.652. The highest BCUT2D eigenvalue weighted by molar-refractivity contribution is 5.81. The molecule has 0 radical (unpaired) electrons. The van der Waals surface area contributed by atoms with Crippen molar-refractivity contribution in [3.8, 4) is 0 Å². The Hall–Kier alpha value is -1.98. The second-order valence-electron chi connectivity index (χ2n) is 3.54. The van der Waals surface area contributed by atoms with Crippen molar-refractivity contribution in [2.24, 2.45) is 9.98 Å². The lowest BCUT2D eigenvalue weighted by Crippen LogP contribution is -2.32. The smallest absolute Gasteiger partial charge is 0.141 e. The van der Waals surface area contributed by atoms with E-state index in [0.717, 1.165) is 11.7 Å². The van der Waals surface area contributed by atoms with Gasteiger partial charge in [-0.25, -0.2) is 9.98 Å². The summed E-state index contributed by atoms with van der Waals surface area (Å²) in [6.07, 6.45) is 1.67. The summed E-state index contributed by atoms with van der Waals surface area (Å²) in [6.45, 7) is 9.24. The van der Waals surface area contributed by atoms with E-state index in [0.29, 0.717) is 5.82 Å². The first-order valence-electron chi connectivity index (χ1n) is 4.86. The topological polar surface area (TPSA) is 46.5 Å². The lowest BCUT2D eigenvalue weighted by atomic mass is 10.7. The summed E-state index contributed by atoms with van der Waals surface area (Å²) < 4.78 is 0. The lowest BCUT2D eigenvalue weighted by Gasteiger charge is -2.22.